The molecule has 1 N–H and O–H groups in total. The summed E-state index contributed by atoms with van der Waals surface area (Å²) in [6, 6.07) is 3.91. The predicted molar refractivity (Wildman–Crippen MR) is 82.8 cm³/mol. The van der Waals surface area contributed by atoms with Crippen molar-refractivity contribution in [2.75, 3.05) is 6.54 Å². The Hall–Kier alpha value is -1.62. The van der Waals surface area contributed by atoms with Crippen molar-refractivity contribution in [3.8, 4) is 5.75 Å². The fourth-order valence-electron chi connectivity index (χ4n) is 3.04. The van der Waals surface area contributed by atoms with Crippen LogP contribution in [0.2, 0.25) is 0 Å². The van der Waals surface area contributed by atoms with Gasteiger partial charge in [-0.1, -0.05) is 26.8 Å². The van der Waals surface area contributed by atoms with E-state index in [0.29, 0.717) is 11.8 Å². The summed E-state index contributed by atoms with van der Waals surface area (Å²) in [5.74, 6) is 0.415. The van der Waals surface area contributed by atoms with E-state index < -0.39 is 0 Å². The van der Waals surface area contributed by atoms with E-state index in [1.165, 1.54) is 0 Å². The first-order valence-electron chi connectivity index (χ1n) is 7.43. The Bertz CT molecular complexity index is 555. The Kier molecular flexibility index (Phi) is 4.23. The van der Waals surface area contributed by atoms with Crippen LogP contribution in [0.25, 0.3) is 0 Å². The van der Waals surface area contributed by atoms with Crippen molar-refractivity contribution < 1.29 is 9.66 Å². The minimum absolute atomic E-state index is 0.00153. The van der Waals surface area contributed by atoms with E-state index >= 15 is 0 Å². The number of aryl methyl sites for hydroxylation is 2. The fourth-order valence-corrected chi connectivity index (χ4v) is 3.04. The summed E-state index contributed by atoms with van der Waals surface area (Å²) in [4.78, 5) is 10.9. The zero-order valence-corrected chi connectivity index (χ0v) is 13.4. The van der Waals surface area contributed by atoms with Gasteiger partial charge >= 0.3 is 5.69 Å². The van der Waals surface area contributed by atoms with Crippen molar-refractivity contribution in [2.24, 2.45) is 5.41 Å². The smallest absolute Gasteiger partial charge is 0.311 e. The van der Waals surface area contributed by atoms with Crippen LogP contribution < -0.4 is 10.1 Å². The van der Waals surface area contributed by atoms with Crippen LogP contribution in [0.15, 0.2) is 12.1 Å². The number of nitrogens with one attached hydrogen (secondary N) is 1. The summed E-state index contributed by atoms with van der Waals surface area (Å²) in [6.07, 6.45) is 0.882. The Morgan fingerprint density at radius 3 is 2.62 bits per heavy atom. The summed E-state index contributed by atoms with van der Waals surface area (Å²) in [5.41, 5.74) is 1.74. The van der Waals surface area contributed by atoms with Crippen LogP contribution in [0, 0.1) is 29.4 Å². The molecular formula is C16H24N2O3. The molecule has 1 saturated carbocycles. The van der Waals surface area contributed by atoms with Crippen LogP contribution in [0.4, 0.5) is 5.69 Å². The predicted octanol–water partition coefficient (Wildman–Crippen LogP) is 3.37. The van der Waals surface area contributed by atoms with Gasteiger partial charge in [0.15, 0.2) is 5.75 Å². The normalized spacial score (nSPS) is 23.5. The molecule has 1 aromatic carbocycles. The average molecular weight is 292 g/mol. The summed E-state index contributed by atoms with van der Waals surface area (Å²) in [6.45, 7) is 11.0. The first-order valence-corrected chi connectivity index (χ1v) is 7.43. The molecule has 2 atom stereocenters. The third-order valence-corrected chi connectivity index (χ3v) is 4.48. The summed E-state index contributed by atoms with van der Waals surface area (Å²) < 4.78 is 6.04. The molecule has 0 bridgehead atoms. The molecule has 1 aliphatic carbocycles. The van der Waals surface area contributed by atoms with Gasteiger partial charge < -0.3 is 10.1 Å². The number of nitro groups is 1. The van der Waals surface area contributed by atoms with Crippen LogP contribution in [-0.4, -0.2) is 23.6 Å². The van der Waals surface area contributed by atoms with Gasteiger partial charge in [-0.05, 0) is 31.5 Å². The lowest BCUT2D eigenvalue weighted by atomic mass is 9.64. The zero-order valence-electron chi connectivity index (χ0n) is 13.4. The van der Waals surface area contributed by atoms with Crippen LogP contribution in [-0.2, 0) is 0 Å². The molecule has 1 aliphatic rings. The van der Waals surface area contributed by atoms with Gasteiger partial charge in [0, 0.05) is 23.9 Å². The molecule has 0 aliphatic heterocycles. The Morgan fingerprint density at radius 1 is 1.43 bits per heavy atom. The second-order valence-corrected chi connectivity index (χ2v) is 6.46. The van der Waals surface area contributed by atoms with Gasteiger partial charge in [0.2, 0.25) is 0 Å². The Morgan fingerprint density at radius 2 is 2.10 bits per heavy atom. The third kappa shape index (κ3) is 2.88. The molecule has 1 aromatic rings. The molecule has 0 radical (unpaired) electrons. The number of rotatable bonds is 5. The highest BCUT2D eigenvalue weighted by molar-refractivity contribution is 5.53. The first-order chi connectivity index (χ1) is 9.77. The highest BCUT2D eigenvalue weighted by atomic mass is 16.6. The highest BCUT2D eigenvalue weighted by Gasteiger charge is 2.50. The second kappa shape index (κ2) is 5.64. The molecule has 2 unspecified atom stereocenters. The summed E-state index contributed by atoms with van der Waals surface area (Å²) in [5, 5.41) is 14.7. The lowest BCUT2D eigenvalue weighted by molar-refractivity contribution is -0.386. The Balaban J connectivity index is 2.23. The van der Waals surface area contributed by atoms with Crippen LogP contribution in [0.5, 0.6) is 5.75 Å². The van der Waals surface area contributed by atoms with E-state index in [1.54, 1.807) is 6.07 Å². The monoisotopic (exact) mass is 292 g/mol. The minimum atomic E-state index is -0.358. The first kappa shape index (κ1) is 15.8. The molecule has 1 fully saturated rings. The highest BCUT2D eigenvalue weighted by Crippen LogP contribution is 2.45. The maximum absolute atomic E-state index is 11.3. The standard InChI is InChI=1S/C16H24N2O3/c1-6-17-13-9-14(16(13,4)5)21-15-11(3)7-10(2)8-12(15)18(19)20/h7-8,13-14,17H,6,9H2,1-5H3. The SMILES string of the molecule is CCNC1CC(Oc2c(C)cc(C)cc2[N+](=O)[O-])C1(C)C. The van der Waals surface area contributed by atoms with E-state index in [-0.39, 0.29) is 22.1 Å². The zero-order chi connectivity index (χ0) is 15.8. The van der Waals surface area contributed by atoms with E-state index in [0.717, 1.165) is 24.1 Å². The van der Waals surface area contributed by atoms with Gasteiger partial charge in [-0.3, -0.25) is 10.1 Å². The molecule has 5 nitrogen and oxygen atoms in total. The number of ether oxygens (including phenoxy) is 1. The Labute approximate surface area is 125 Å². The largest absolute Gasteiger partial charge is 0.483 e. The lowest BCUT2D eigenvalue weighted by Crippen LogP contribution is -2.62. The molecule has 0 heterocycles. The molecule has 21 heavy (non-hydrogen) atoms. The van der Waals surface area contributed by atoms with Crippen LogP contribution in [0.1, 0.15) is 38.3 Å². The third-order valence-electron chi connectivity index (χ3n) is 4.48. The van der Waals surface area contributed by atoms with Crippen molar-refractivity contribution >= 4 is 5.69 Å². The summed E-state index contributed by atoms with van der Waals surface area (Å²) >= 11 is 0. The molecule has 0 aromatic heterocycles. The number of benzene rings is 1. The van der Waals surface area contributed by atoms with Crippen molar-refractivity contribution in [2.45, 2.75) is 53.2 Å². The molecule has 116 valence electrons. The van der Waals surface area contributed by atoms with E-state index in [9.17, 15) is 10.1 Å². The molecule has 0 amide bonds. The average Bonchev–Trinajstić information content (AvgIpc) is 2.39. The number of hydrogen-bond donors (Lipinski definition) is 1. The quantitative estimate of drug-likeness (QED) is 0.667. The summed E-state index contributed by atoms with van der Waals surface area (Å²) in [7, 11) is 0. The van der Waals surface area contributed by atoms with Gasteiger partial charge in [0.1, 0.15) is 6.10 Å². The van der Waals surface area contributed by atoms with Gasteiger partial charge in [0.25, 0.3) is 0 Å². The van der Waals surface area contributed by atoms with Crippen molar-refractivity contribution in [3.05, 3.63) is 33.4 Å². The van der Waals surface area contributed by atoms with Crippen molar-refractivity contribution in [3.63, 3.8) is 0 Å². The number of nitrogens with zero attached hydrogens (tertiary/aromatic N) is 1. The van der Waals surface area contributed by atoms with E-state index in [4.69, 9.17) is 4.74 Å². The second-order valence-electron chi connectivity index (χ2n) is 6.46. The molecule has 0 saturated heterocycles. The van der Waals surface area contributed by atoms with E-state index in [1.807, 2.05) is 19.9 Å². The fraction of sp³-hybridized carbons (Fsp3) is 0.625. The molecule has 0 spiro atoms. The van der Waals surface area contributed by atoms with Gasteiger partial charge in [0.05, 0.1) is 4.92 Å². The maximum atomic E-state index is 11.3. The van der Waals surface area contributed by atoms with Crippen molar-refractivity contribution in [1.82, 2.24) is 5.32 Å². The van der Waals surface area contributed by atoms with Crippen LogP contribution in [0.3, 0.4) is 0 Å². The maximum Gasteiger partial charge on any atom is 0.311 e. The van der Waals surface area contributed by atoms with E-state index in [2.05, 4.69) is 26.1 Å². The molecular weight excluding hydrogens is 268 g/mol. The number of nitro benzene ring substituents is 1. The van der Waals surface area contributed by atoms with Crippen LogP contribution >= 0.6 is 0 Å². The molecule has 5 heteroatoms. The van der Waals surface area contributed by atoms with Gasteiger partial charge in [-0.2, -0.15) is 0 Å². The van der Waals surface area contributed by atoms with Gasteiger partial charge in [-0.15, -0.1) is 0 Å². The topological polar surface area (TPSA) is 64.4 Å². The minimum Gasteiger partial charge on any atom is -0.483 e. The number of hydrogen-bond acceptors (Lipinski definition) is 4. The molecule has 2 rings (SSSR count). The lowest BCUT2D eigenvalue weighted by Gasteiger charge is -2.51. The van der Waals surface area contributed by atoms with Crippen molar-refractivity contribution in [1.29, 1.82) is 0 Å². The van der Waals surface area contributed by atoms with Gasteiger partial charge in [-0.25, -0.2) is 0 Å².